The van der Waals surface area contributed by atoms with Crippen LogP contribution in [0.1, 0.15) is 24.2 Å². The van der Waals surface area contributed by atoms with Crippen molar-refractivity contribution in [1.29, 1.82) is 0 Å². The van der Waals surface area contributed by atoms with Crippen LogP contribution >= 0.6 is 11.6 Å². The lowest BCUT2D eigenvalue weighted by Crippen LogP contribution is -2.25. The minimum atomic E-state index is 0.309. The van der Waals surface area contributed by atoms with E-state index in [2.05, 4.69) is 18.7 Å². The monoisotopic (exact) mass is 273 g/mol. The van der Waals surface area contributed by atoms with E-state index in [4.69, 9.17) is 11.6 Å². The number of nitrogens with zero attached hydrogens (tertiary/aromatic N) is 1. The summed E-state index contributed by atoms with van der Waals surface area (Å²) in [4.78, 5) is 12.9. The second-order valence-corrected chi connectivity index (χ2v) is 5.09. The molecule has 0 bridgehead atoms. The largest absolute Gasteiger partial charge is 0.339 e. The van der Waals surface area contributed by atoms with Gasteiger partial charge in [0.25, 0.3) is 0 Å². The maximum absolute atomic E-state index is 10.7. The Kier molecular flexibility index (Phi) is 4.23. The van der Waals surface area contributed by atoms with Gasteiger partial charge >= 0.3 is 0 Å². The molecule has 0 atom stereocenters. The van der Waals surface area contributed by atoms with Crippen LogP contribution in [0.15, 0.2) is 48.5 Å². The number of hydrogen-bond donors (Lipinski definition) is 0. The molecule has 2 rings (SSSR count). The Morgan fingerprint density at radius 3 is 1.84 bits per heavy atom. The van der Waals surface area contributed by atoms with E-state index >= 15 is 0 Å². The molecular formula is C16H16ClNO. The molecule has 0 N–H and O–H groups in total. The third-order valence-corrected chi connectivity index (χ3v) is 3.18. The van der Waals surface area contributed by atoms with Gasteiger partial charge in [-0.1, -0.05) is 11.6 Å². The Morgan fingerprint density at radius 2 is 1.42 bits per heavy atom. The predicted octanol–water partition coefficient (Wildman–Crippen LogP) is 4.70. The zero-order valence-corrected chi connectivity index (χ0v) is 11.8. The third-order valence-electron chi connectivity index (χ3n) is 2.93. The average Bonchev–Trinajstić information content (AvgIpc) is 2.42. The maximum atomic E-state index is 10.7. The minimum absolute atomic E-state index is 0.309. The van der Waals surface area contributed by atoms with E-state index in [0.717, 1.165) is 22.7 Å². The zero-order valence-electron chi connectivity index (χ0n) is 11.0. The lowest BCUT2D eigenvalue weighted by Gasteiger charge is -2.29. The van der Waals surface area contributed by atoms with Crippen molar-refractivity contribution in [2.75, 3.05) is 4.90 Å². The summed E-state index contributed by atoms with van der Waals surface area (Å²) >= 11 is 5.92. The predicted molar refractivity (Wildman–Crippen MR) is 80.6 cm³/mol. The van der Waals surface area contributed by atoms with Gasteiger partial charge in [0, 0.05) is 28.0 Å². The van der Waals surface area contributed by atoms with Gasteiger partial charge < -0.3 is 4.90 Å². The van der Waals surface area contributed by atoms with Crippen molar-refractivity contribution in [2.24, 2.45) is 0 Å². The van der Waals surface area contributed by atoms with E-state index in [1.807, 2.05) is 48.5 Å². The third kappa shape index (κ3) is 3.15. The van der Waals surface area contributed by atoms with E-state index < -0.39 is 0 Å². The number of halogens is 1. The normalized spacial score (nSPS) is 10.5. The SMILES string of the molecule is CC(C)N(c1ccc(Cl)cc1)c1ccc(C=O)cc1. The van der Waals surface area contributed by atoms with Crippen LogP contribution in [0.3, 0.4) is 0 Å². The number of rotatable bonds is 4. The van der Waals surface area contributed by atoms with Gasteiger partial charge in [-0.15, -0.1) is 0 Å². The molecule has 3 heteroatoms. The number of aldehydes is 1. The molecule has 0 amide bonds. The average molecular weight is 274 g/mol. The molecule has 0 aliphatic rings. The molecule has 0 radical (unpaired) electrons. The highest BCUT2D eigenvalue weighted by atomic mass is 35.5. The first-order valence-corrected chi connectivity index (χ1v) is 6.59. The Hall–Kier alpha value is -1.80. The van der Waals surface area contributed by atoms with Crippen LogP contribution in [-0.2, 0) is 0 Å². The second-order valence-electron chi connectivity index (χ2n) is 4.65. The molecule has 2 aromatic rings. The van der Waals surface area contributed by atoms with E-state index in [-0.39, 0.29) is 0 Å². The minimum Gasteiger partial charge on any atom is -0.339 e. The van der Waals surface area contributed by atoms with Gasteiger partial charge in [0.15, 0.2) is 0 Å². The number of benzene rings is 2. The first kappa shape index (κ1) is 13.6. The number of hydrogen-bond acceptors (Lipinski definition) is 2. The molecular weight excluding hydrogens is 258 g/mol. The summed E-state index contributed by atoms with van der Waals surface area (Å²) in [5.41, 5.74) is 2.82. The smallest absolute Gasteiger partial charge is 0.150 e. The van der Waals surface area contributed by atoms with Crippen LogP contribution in [0.5, 0.6) is 0 Å². The topological polar surface area (TPSA) is 20.3 Å². The molecule has 0 aliphatic heterocycles. The van der Waals surface area contributed by atoms with Gasteiger partial charge in [0.2, 0.25) is 0 Å². The highest BCUT2D eigenvalue weighted by molar-refractivity contribution is 6.30. The molecule has 0 spiro atoms. The van der Waals surface area contributed by atoms with Crippen molar-refractivity contribution in [1.82, 2.24) is 0 Å². The van der Waals surface area contributed by atoms with E-state index in [1.54, 1.807) is 0 Å². The number of anilines is 2. The number of carbonyl (C=O) groups excluding carboxylic acids is 1. The quantitative estimate of drug-likeness (QED) is 0.753. The molecule has 0 aromatic heterocycles. The Bertz CT molecular complexity index is 546. The lowest BCUT2D eigenvalue weighted by atomic mass is 10.1. The zero-order chi connectivity index (χ0) is 13.8. The Balaban J connectivity index is 2.39. The second kappa shape index (κ2) is 5.89. The number of carbonyl (C=O) groups is 1. The standard InChI is InChI=1S/C16H16ClNO/c1-12(2)18(16-9-5-14(17)6-10-16)15-7-3-13(11-19)4-8-15/h3-12H,1-2H3. The van der Waals surface area contributed by atoms with Crippen molar-refractivity contribution in [3.05, 3.63) is 59.1 Å². The first-order chi connectivity index (χ1) is 9.11. The molecule has 2 aromatic carbocycles. The van der Waals surface area contributed by atoms with Crippen LogP contribution in [0.25, 0.3) is 0 Å². The molecule has 0 fully saturated rings. The molecule has 0 aliphatic carbocycles. The van der Waals surface area contributed by atoms with E-state index in [0.29, 0.717) is 11.6 Å². The van der Waals surface area contributed by atoms with Gasteiger partial charge in [-0.25, -0.2) is 0 Å². The fourth-order valence-electron chi connectivity index (χ4n) is 2.06. The van der Waals surface area contributed by atoms with Crippen molar-refractivity contribution in [3.63, 3.8) is 0 Å². The van der Waals surface area contributed by atoms with Crippen molar-refractivity contribution >= 4 is 29.3 Å². The maximum Gasteiger partial charge on any atom is 0.150 e. The molecule has 0 saturated heterocycles. The fourth-order valence-corrected chi connectivity index (χ4v) is 2.19. The van der Waals surface area contributed by atoms with Crippen molar-refractivity contribution < 1.29 is 4.79 Å². The summed E-state index contributed by atoms with van der Waals surface area (Å²) in [5, 5.41) is 0.726. The Labute approximate surface area is 118 Å². The summed E-state index contributed by atoms with van der Waals surface area (Å²) in [6.07, 6.45) is 0.853. The van der Waals surface area contributed by atoms with Crippen LogP contribution in [-0.4, -0.2) is 12.3 Å². The van der Waals surface area contributed by atoms with Crippen LogP contribution in [0.4, 0.5) is 11.4 Å². The molecule has 98 valence electrons. The van der Waals surface area contributed by atoms with Crippen molar-refractivity contribution in [3.8, 4) is 0 Å². The fraction of sp³-hybridized carbons (Fsp3) is 0.188. The molecule has 0 unspecified atom stereocenters. The first-order valence-electron chi connectivity index (χ1n) is 6.22. The molecule has 2 nitrogen and oxygen atoms in total. The summed E-state index contributed by atoms with van der Waals surface area (Å²) in [6.45, 7) is 4.25. The summed E-state index contributed by atoms with van der Waals surface area (Å²) in [6, 6.07) is 15.6. The van der Waals surface area contributed by atoms with Gasteiger partial charge in [0.1, 0.15) is 6.29 Å². The van der Waals surface area contributed by atoms with E-state index in [9.17, 15) is 4.79 Å². The molecule has 0 saturated carbocycles. The van der Waals surface area contributed by atoms with Gasteiger partial charge in [-0.3, -0.25) is 4.79 Å². The van der Waals surface area contributed by atoms with Gasteiger partial charge in [-0.2, -0.15) is 0 Å². The van der Waals surface area contributed by atoms with Crippen LogP contribution in [0, 0.1) is 0 Å². The van der Waals surface area contributed by atoms with Gasteiger partial charge in [0.05, 0.1) is 0 Å². The summed E-state index contributed by atoms with van der Waals surface area (Å²) in [5.74, 6) is 0. The van der Waals surface area contributed by atoms with E-state index in [1.165, 1.54) is 0 Å². The summed E-state index contributed by atoms with van der Waals surface area (Å²) < 4.78 is 0. The Morgan fingerprint density at radius 1 is 0.947 bits per heavy atom. The van der Waals surface area contributed by atoms with Gasteiger partial charge in [-0.05, 0) is 62.4 Å². The highest BCUT2D eigenvalue weighted by Gasteiger charge is 2.12. The molecule has 0 heterocycles. The molecule has 19 heavy (non-hydrogen) atoms. The van der Waals surface area contributed by atoms with Crippen LogP contribution < -0.4 is 4.90 Å². The highest BCUT2D eigenvalue weighted by Crippen LogP contribution is 2.28. The summed E-state index contributed by atoms with van der Waals surface area (Å²) in [7, 11) is 0. The lowest BCUT2D eigenvalue weighted by molar-refractivity contribution is 0.112. The van der Waals surface area contributed by atoms with Crippen LogP contribution in [0.2, 0.25) is 5.02 Å². The van der Waals surface area contributed by atoms with Crippen molar-refractivity contribution in [2.45, 2.75) is 19.9 Å².